The van der Waals surface area contributed by atoms with Gasteiger partial charge in [0.25, 0.3) is 0 Å². The predicted molar refractivity (Wildman–Crippen MR) is 75.2 cm³/mol. The molecule has 0 saturated heterocycles. The second kappa shape index (κ2) is 7.41. The summed E-state index contributed by atoms with van der Waals surface area (Å²) in [6.07, 6.45) is 3.42. The topological polar surface area (TPSA) is 20.3 Å². The summed E-state index contributed by atoms with van der Waals surface area (Å²) in [5.41, 5.74) is 0.568. The molecule has 0 aliphatic carbocycles. The van der Waals surface area contributed by atoms with Crippen LogP contribution in [0.25, 0.3) is 0 Å². The zero-order chi connectivity index (χ0) is 13.5. The van der Waals surface area contributed by atoms with E-state index >= 15 is 0 Å². The molecule has 1 atom stereocenters. The maximum absolute atomic E-state index is 13.6. The summed E-state index contributed by atoms with van der Waals surface area (Å²) in [6.45, 7) is 1.85. The van der Waals surface area contributed by atoms with E-state index in [2.05, 4.69) is 0 Å². The lowest BCUT2D eigenvalue weighted by Gasteiger charge is -2.25. The van der Waals surface area contributed by atoms with Gasteiger partial charge in [-0.25, -0.2) is 4.39 Å². The summed E-state index contributed by atoms with van der Waals surface area (Å²) in [5.74, 6) is 0.793. The molecule has 1 aromatic rings. The summed E-state index contributed by atoms with van der Waals surface area (Å²) in [5, 5.41) is 0. The van der Waals surface area contributed by atoms with Gasteiger partial charge >= 0.3 is 0 Å². The molecule has 0 saturated carbocycles. The van der Waals surface area contributed by atoms with E-state index in [1.807, 2.05) is 13.2 Å². The number of benzene rings is 1. The number of hydrogen-bond donors (Lipinski definition) is 0. The fourth-order valence-corrected chi connectivity index (χ4v) is 2.22. The van der Waals surface area contributed by atoms with Gasteiger partial charge in [-0.1, -0.05) is 18.2 Å². The lowest BCUT2D eigenvalue weighted by Crippen LogP contribution is -2.30. The Hall–Kier alpha value is -1.03. The maximum Gasteiger partial charge on any atom is 0.222 e. The highest BCUT2D eigenvalue weighted by molar-refractivity contribution is 7.98. The largest absolute Gasteiger partial charge is 0.339 e. The first-order chi connectivity index (χ1) is 8.57. The molecule has 18 heavy (non-hydrogen) atoms. The van der Waals surface area contributed by atoms with Crippen molar-refractivity contribution in [3.63, 3.8) is 0 Å². The van der Waals surface area contributed by atoms with E-state index in [0.717, 1.165) is 12.2 Å². The van der Waals surface area contributed by atoms with E-state index in [0.29, 0.717) is 12.0 Å². The molecule has 4 heteroatoms. The van der Waals surface area contributed by atoms with Crippen LogP contribution in [-0.2, 0) is 4.79 Å². The molecule has 0 N–H and O–H groups in total. The number of rotatable bonds is 6. The van der Waals surface area contributed by atoms with Crippen LogP contribution in [0.5, 0.6) is 0 Å². The summed E-state index contributed by atoms with van der Waals surface area (Å²) < 4.78 is 13.6. The molecule has 100 valence electrons. The smallest absolute Gasteiger partial charge is 0.222 e. The molecular formula is C14H20FNOS. The Morgan fingerprint density at radius 2 is 2.11 bits per heavy atom. The van der Waals surface area contributed by atoms with Crippen molar-refractivity contribution in [2.75, 3.05) is 19.1 Å². The SMILES string of the molecule is CSCCCC(=O)N(C)C(C)c1ccccc1F. The minimum atomic E-state index is -0.256. The number of amides is 1. The Morgan fingerprint density at radius 1 is 1.44 bits per heavy atom. The van der Waals surface area contributed by atoms with Gasteiger partial charge in [0.2, 0.25) is 5.91 Å². The van der Waals surface area contributed by atoms with Gasteiger partial charge in [-0.05, 0) is 31.4 Å². The second-order valence-electron chi connectivity index (χ2n) is 4.30. The first kappa shape index (κ1) is 15.0. The Morgan fingerprint density at radius 3 is 2.72 bits per heavy atom. The summed E-state index contributed by atoms with van der Waals surface area (Å²) >= 11 is 1.73. The van der Waals surface area contributed by atoms with Crippen LogP contribution >= 0.6 is 11.8 Å². The molecule has 1 aromatic carbocycles. The molecule has 1 amide bonds. The molecule has 0 aliphatic rings. The maximum atomic E-state index is 13.6. The van der Waals surface area contributed by atoms with Gasteiger partial charge in [0.15, 0.2) is 0 Å². The van der Waals surface area contributed by atoms with Crippen LogP contribution in [0.4, 0.5) is 4.39 Å². The van der Waals surface area contributed by atoms with Gasteiger partial charge in [-0.3, -0.25) is 4.79 Å². The quantitative estimate of drug-likeness (QED) is 0.737. The van der Waals surface area contributed by atoms with Gasteiger partial charge in [-0.2, -0.15) is 11.8 Å². The van der Waals surface area contributed by atoms with Crippen LogP contribution in [-0.4, -0.2) is 29.9 Å². The van der Waals surface area contributed by atoms with E-state index in [1.165, 1.54) is 6.07 Å². The highest BCUT2D eigenvalue weighted by Crippen LogP contribution is 2.22. The first-order valence-electron chi connectivity index (χ1n) is 6.07. The Bertz CT molecular complexity index is 397. The molecule has 0 radical (unpaired) electrons. The molecular weight excluding hydrogens is 249 g/mol. The fraction of sp³-hybridized carbons (Fsp3) is 0.500. The first-order valence-corrected chi connectivity index (χ1v) is 7.46. The third-order valence-electron chi connectivity index (χ3n) is 3.07. The third kappa shape index (κ3) is 4.02. The van der Waals surface area contributed by atoms with Crippen molar-refractivity contribution in [2.45, 2.75) is 25.8 Å². The van der Waals surface area contributed by atoms with E-state index in [4.69, 9.17) is 0 Å². The Kier molecular flexibility index (Phi) is 6.19. The van der Waals surface area contributed by atoms with Crippen molar-refractivity contribution in [2.24, 2.45) is 0 Å². The number of thioether (sulfide) groups is 1. The van der Waals surface area contributed by atoms with Crippen LogP contribution in [0.15, 0.2) is 24.3 Å². The van der Waals surface area contributed by atoms with Gasteiger partial charge in [0.05, 0.1) is 6.04 Å². The lowest BCUT2D eigenvalue weighted by atomic mass is 10.1. The number of hydrogen-bond acceptors (Lipinski definition) is 2. The molecule has 0 aliphatic heterocycles. The average molecular weight is 269 g/mol. The van der Waals surface area contributed by atoms with Crippen molar-refractivity contribution in [1.82, 2.24) is 4.90 Å². The molecule has 0 heterocycles. The molecule has 1 rings (SSSR count). The highest BCUT2D eigenvalue weighted by atomic mass is 32.2. The van der Waals surface area contributed by atoms with E-state index in [1.54, 1.807) is 41.9 Å². The monoisotopic (exact) mass is 269 g/mol. The molecule has 1 unspecified atom stereocenters. The van der Waals surface area contributed by atoms with Crippen LogP contribution in [0, 0.1) is 5.82 Å². The number of carbonyl (C=O) groups excluding carboxylic acids is 1. The number of halogens is 1. The Labute approximate surface area is 113 Å². The van der Waals surface area contributed by atoms with Gasteiger partial charge in [0, 0.05) is 19.0 Å². The average Bonchev–Trinajstić information content (AvgIpc) is 2.38. The predicted octanol–water partition coefficient (Wildman–Crippen LogP) is 3.49. The van der Waals surface area contributed by atoms with E-state index in [-0.39, 0.29) is 17.8 Å². The summed E-state index contributed by atoms with van der Waals surface area (Å²) in [6, 6.07) is 6.38. The number of nitrogens with zero attached hydrogens (tertiary/aromatic N) is 1. The highest BCUT2D eigenvalue weighted by Gasteiger charge is 2.19. The zero-order valence-corrected chi connectivity index (χ0v) is 12.0. The van der Waals surface area contributed by atoms with E-state index < -0.39 is 0 Å². The van der Waals surface area contributed by atoms with Crippen LogP contribution in [0.1, 0.15) is 31.4 Å². The Balaban J connectivity index is 2.63. The minimum absolute atomic E-state index is 0.0693. The second-order valence-corrected chi connectivity index (χ2v) is 5.28. The summed E-state index contributed by atoms with van der Waals surface area (Å²) in [7, 11) is 1.73. The van der Waals surface area contributed by atoms with Crippen molar-refractivity contribution in [3.8, 4) is 0 Å². The van der Waals surface area contributed by atoms with Crippen molar-refractivity contribution < 1.29 is 9.18 Å². The van der Waals surface area contributed by atoms with Crippen molar-refractivity contribution >= 4 is 17.7 Å². The van der Waals surface area contributed by atoms with Gasteiger partial charge in [-0.15, -0.1) is 0 Å². The van der Waals surface area contributed by atoms with Crippen LogP contribution in [0.2, 0.25) is 0 Å². The van der Waals surface area contributed by atoms with Crippen LogP contribution < -0.4 is 0 Å². The normalized spacial score (nSPS) is 12.2. The summed E-state index contributed by atoms with van der Waals surface area (Å²) in [4.78, 5) is 13.6. The minimum Gasteiger partial charge on any atom is -0.339 e. The van der Waals surface area contributed by atoms with Gasteiger partial charge in [0.1, 0.15) is 5.82 Å². The number of carbonyl (C=O) groups is 1. The molecule has 0 spiro atoms. The fourth-order valence-electron chi connectivity index (χ4n) is 1.78. The molecule has 0 bridgehead atoms. The van der Waals surface area contributed by atoms with E-state index in [9.17, 15) is 9.18 Å². The van der Waals surface area contributed by atoms with Crippen molar-refractivity contribution in [1.29, 1.82) is 0 Å². The van der Waals surface area contributed by atoms with Crippen molar-refractivity contribution in [3.05, 3.63) is 35.6 Å². The standard InChI is InChI=1S/C14H20FNOS/c1-11(12-7-4-5-8-13(12)15)16(2)14(17)9-6-10-18-3/h4-5,7-8,11H,6,9-10H2,1-3H3. The third-order valence-corrected chi connectivity index (χ3v) is 3.77. The van der Waals surface area contributed by atoms with Gasteiger partial charge < -0.3 is 4.90 Å². The molecule has 2 nitrogen and oxygen atoms in total. The van der Waals surface area contributed by atoms with Crippen LogP contribution in [0.3, 0.4) is 0 Å². The zero-order valence-electron chi connectivity index (χ0n) is 11.1. The lowest BCUT2D eigenvalue weighted by molar-refractivity contribution is -0.131. The molecule has 0 fully saturated rings. The molecule has 0 aromatic heterocycles.